The molecule has 0 saturated carbocycles. The third-order valence-electron chi connectivity index (χ3n) is 4.80. The molecule has 146 valence electrons. The van der Waals surface area contributed by atoms with Gasteiger partial charge in [0, 0.05) is 19.2 Å². The number of hydrogen-bond acceptors (Lipinski definition) is 4. The minimum Gasteiger partial charge on any atom is -0.497 e. The number of methoxy groups -OCH3 is 1. The first kappa shape index (κ1) is 18.7. The fraction of sp³-hybridized carbons (Fsp3) is 0.174. The number of aromatic nitrogens is 3. The number of imidazole rings is 1. The Balaban J connectivity index is 1.31. The molecule has 0 aliphatic rings. The van der Waals surface area contributed by atoms with Gasteiger partial charge >= 0.3 is 0 Å². The topological polar surface area (TPSA) is 69.0 Å². The first-order chi connectivity index (χ1) is 14.2. The number of nitrogens with one attached hydrogen (secondary N) is 1. The molecule has 0 saturated heterocycles. The lowest BCUT2D eigenvalue weighted by atomic mass is 10.1. The van der Waals surface area contributed by atoms with E-state index in [1.165, 1.54) is 0 Å². The van der Waals surface area contributed by atoms with E-state index in [1.54, 1.807) is 19.6 Å². The van der Waals surface area contributed by atoms with E-state index in [9.17, 15) is 4.79 Å². The Morgan fingerprint density at radius 1 is 1.00 bits per heavy atom. The molecule has 0 fully saturated rings. The minimum absolute atomic E-state index is 0.0190. The molecule has 1 N–H and O–H groups in total. The van der Waals surface area contributed by atoms with Crippen LogP contribution in [0.2, 0.25) is 0 Å². The van der Waals surface area contributed by atoms with Crippen LogP contribution in [0.15, 0.2) is 73.2 Å². The number of aryl methyl sites for hydroxylation is 1. The molecule has 1 amide bonds. The molecule has 0 unspecified atom stereocenters. The fourth-order valence-corrected chi connectivity index (χ4v) is 3.14. The van der Waals surface area contributed by atoms with Crippen LogP contribution in [0.25, 0.3) is 16.9 Å². The van der Waals surface area contributed by atoms with Gasteiger partial charge < -0.3 is 10.1 Å². The van der Waals surface area contributed by atoms with Crippen molar-refractivity contribution in [1.29, 1.82) is 0 Å². The van der Waals surface area contributed by atoms with Gasteiger partial charge in [0.25, 0.3) is 0 Å². The van der Waals surface area contributed by atoms with Crippen LogP contribution in [0.3, 0.4) is 0 Å². The zero-order valence-electron chi connectivity index (χ0n) is 16.2. The summed E-state index contributed by atoms with van der Waals surface area (Å²) in [5.41, 5.74) is 4.01. The molecule has 0 spiro atoms. The average molecular weight is 386 g/mol. The molecule has 4 rings (SSSR count). The predicted octanol–water partition coefficient (Wildman–Crippen LogP) is 3.68. The van der Waals surface area contributed by atoms with Gasteiger partial charge in [-0.05, 0) is 47.9 Å². The van der Waals surface area contributed by atoms with E-state index in [-0.39, 0.29) is 5.91 Å². The van der Waals surface area contributed by atoms with Crippen LogP contribution in [0, 0.1) is 0 Å². The van der Waals surface area contributed by atoms with Crippen molar-refractivity contribution in [3.8, 4) is 11.6 Å². The largest absolute Gasteiger partial charge is 0.497 e. The normalized spacial score (nSPS) is 10.8. The number of fused-ring (bicyclic) bond motifs is 1. The summed E-state index contributed by atoms with van der Waals surface area (Å²) in [7, 11) is 1.64. The monoisotopic (exact) mass is 386 g/mol. The zero-order chi connectivity index (χ0) is 20.1. The first-order valence-electron chi connectivity index (χ1n) is 9.50. The number of carbonyl (C=O) groups is 1. The number of hydrogen-bond donors (Lipinski definition) is 1. The second kappa shape index (κ2) is 8.56. The molecule has 29 heavy (non-hydrogen) atoms. The summed E-state index contributed by atoms with van der Waals surface area (Å²) < 4.78 is 7.10. The van der Waals surface area contributed by atoms with Crippen molar-refractivity contribution >= 4 is 16.9 Å². The summed E-state index contributed by atoms with van der Waals surface area (Å²) in [6.07, 6.45) is 4.70. The Bertz CT molecular complexity index is 1100. The first-order valence-corrected chi connectivity index (χ1v) is 9.50. The second-order valence-corrected chi connectivity index (χ2v) is 6.75. The smallest absolute Gasteiger partial charge is 0.220 e. The summed E-state index contributed by atoms with van der Waals surface area (Å²) in [6.45, 7) is 0.458. The summed E-state index contributed by atoms with van der Waals surface area (Å²) in [5, 5.41) is 2.95. The van der Waals surface area contributed by atoms with Gasteiger partial charge in [-0.15, -0.1) is 0 Å². The zero-order valence-corrected chi connectivity index (χ0v) is 16.2. The van der Waals surface area contributed by atoms with Gasteiger partial charge in [-0.2, -0.15) is 0 Å². The van der Waals surface area contributed by atoms with Gasteiger partial charge in [0.1, 0.15) is 17.9 Å². The number of para-hydroxylation sites is 2. The predicted molar refractivity (Wildman–Crippen MR) is 112 cm³/mol. The standard InChI is InChI=1S/C23H22N4O2/c1-29-19-10-6-17(7-11-19)9-13-23(28)25-15-18-8-12-22(24-14-18)27-16-26-20-4-2-3-5-21(20)27/h2-8,10-12,14,16H,9,13,15H2,1H3,(H,25,28). The molecular formula is C23H22N4O2. The Hall–Kier alpha value is -3.67. The summed E-state index contributed by atoms with van der Waals surface area (Å²) in [6, 6.07) is 19.6. The van der Waals surface area contributed by atoms with Gasteiger partial charge in [-0.25, -0.2) is 9.97 Å². The number of amides is 1. The molecule has 0 atom stereocenters. The molecule has 2 heterocycles. The van der Waals surface area contributed by atoms with Crippen LogP contribution in [-0.4, -0.2) is 27.6 Å². The highest BCUT2D eigenvalue weighted by Gasteiger charge is 2.06. The molecule has 0 radical (unpaired) electrons. The molecular weight excluding hydrogens is 364 g/mol. The quantitative estimate of drug-likeness (QED) is 0.526. The Morgan fingerprint density at radius 3 is 2.55 bits per heavy atom. The summed E-state index contributed by atoms with van der Waals surface area (Å²) in [4.78, 5) is 21.1. The molecule has 0 aliphatic carbocycles. The van der Waals surface area contributed by atoms with E-state index in [2.05, 4.69) is 15.3 Å². The van der Waals surface area contributed by atoms with Crippen LogP contribution < -0.4 is 10.1 Å². The number of pyridine rings is 1. The van der Waals surface area contributed by atoms with Crippen LogP contribution in [0.4, 0.5) is 0 Å². The lowest BCUT2D eigenvalue weighted by Crippen LogP contribution is -2.23. The van der Waals surface area contributed by atoms with E-state index in [4.69, 9.17) is 4.74 Å². The lowest BCUT2D eigenvalue weighted by Gasteiger charge is -2.08. The highest BCUT2D eigenvalue weighted by molar-refractivity contribution is 5.77. The van der Waals surface area contributed by atoms with Crippen molar-refractivity contribution < 1.29 is 9.53 Å². The number of ether oxygens (including phenoxy) is 1. The maximum atomic E-state index is 12.1. The van der Waals surface area contributed by atoms with Crippen LogP contribution in [-0.2, 0) is 17.8 Å². The molecule has 2 aromatic heterocycles. The minimum atomic E-state index is 0.0190. The number of benzene rings is 2. The summed E-state index contributed by atoms with van der Waals surface area (Å²) in [5.74, 6) is 1.64. The van der Waals surface area contributed by atoms with Gasteiger partial charge in [-0.3, -0.25) is 9.36 Å². The number of carbonyl (C=O) groups excluding carboxylic acids is 1. The second-order valence-electron chi connectivity index (χ2n) is 6.75. The van der Waals surface area contributed by atoms with Gasteiger partial charge in [-0.1, -0.05) is 30.3 Å². The Labute approximate surface area is 169 Å². The number of rotatable bonds is 7. The van der Waals surface area contributed by atoms with Crippen molar-refractivity contribution in [3.63, 3.8) is 0 Å². The molecule has 0 bridgehead atoms. The van der Waals surface area contributed by atoms with E-state index >= 15 is 0 Å². The molecule has 4 aromatic rings. The van der Waals surface area contributed by atoms with Gasteiger partial charge in [0.15, 0.2) is 0 Å². The third-order valence-corrected chi connectivity index (χ3v) is 4.80. The third kappa shape index (κ3) is 4.43. The van der Waals surface area contributed by atoms with Crippen molar-refractivity contribution in [1.82, 2.24) is 19.9 Å². The van der Waals surface area contributed by atoms with E-state index in [0.717, 1.165) is 33.7 Å². The highest BCUT2D eigenvalue weighted by atomic mass is 16.5. The van der Waals surface area contributed by atoms with Gasteiger partial charge in [0.2, 0.25) is 5.91 Å². The van der Waals surface area contributed by atoms with Crippen LogP contribution in [0.5, 0.6) is 5.75 Å². The van der Waals surface area contributed by atoms with E-state index in [0.29, 0.717) is 19.4 Å². The molecule has 0 aliphatic heterocycles. The fourth-order valence-electron chi connectivity index (χ4n) is 3.14. The van der Waals surface area contributed by atoms with E-state index in [1.807, 2.05) is 65.2 Å². The SMILES string of the molecule is COc1ccc(CCC(=O)NCc2ccc(-n3cnc4ccccc43)nc2)cc1. The van der Waals surface area contributed by atoms with Crippen LogP contribution in [0.1, 0.15) is 17.5 Å². The molecule has 6 nitrogen and oxygen atoms in total. The van der Waals surface area contributed by atoms with Crippen molar-refractivity contribution in [2.24, 2.45) is 0 Å². The van der Waals surface area contributed by atoms with Gasteiger partial charge in [0.05, 0.1) is 18.1 Å². The van der Waals surface area contributed by atoms with Crippen molar-refractivity contribution in [2.45, 2.75) is 19.4 Å². The maximum Gasteiger partial charge on any atom is 0.220 e. The summed E-state index contributed by atoms with van der Waals surface area (Å²) >= 11 is 0. The Kier molecular flexibility index (Phi) is 5.52. The number of nitrogens with zero attached hydrogens (tertiary/aromatic N) is 3. The Morgan fingerprint density at radius 2 is 1.79 bits per heavy atom. The van der Waals surface area contributed by atoms with E-state index < -0.39 is 0 Å². The molecule has 6 heteroatoms. The lowest BCUT2D eigenvalue weighted by molar-refractivity contribution is -0.121. The molecule has 2 aromatic carbocycles. The van der Waals surface area contributed by atoms with Crippen molar-refractivity contribution in [3.05, 3.63) is 84.3 Å². The van der Waals surface area contributed by atoms with Crippen LogP contribution >= 0.6 is 0 Å². The maximum absolute atomic E-state index is 12.1. The highest BCUT2D eigenvalue weighted by Crippen LogP contribution is 2.16. The average Bonchev–Trinajstić information content (AvgIpc) is 3.21. The van der Waals surface area contributed by atoms with Crippen molar-refractivity contribution in [2.75, 3.05) is 7.11 Å².